The molecule has 1 aromatic rings. The summed E-state index contributed by atoms with van der Waals surface area (Å²) in [6.45, 7) is 3.40. The van der Waals surface area contributed by atoms with Gasteiger partial charge in [-0.25, -0.2) is 4.99 Å². The molecule has 0 fully saturated rings. The average molecular weight is 190 g/mol. The van der Waals surface area contributed by atoms with Crippen LogP contribution in [0.4, 0.5) is 5.69 Å². The van der Waals surface area contributed by atoms with Crippen LogP contribution >= 0.6 is 0 Å². The molecule has 1 aliphatic rings. The standard InChI is InChI=1S/C11H14N2O/c1-2-14-11-12-8-7-9-5-3-4-6-10(9)13-11/h3-6H,2,7-8H2,1H3,(H,12,13). The molecule has 3 heteroatoms. The van der Waals surface area contributed by atoms with E-state index in [1.54, 1.807) is 0 Å². The number of ether oxygens (including phenoxy) is 1. The van der Waals surface area contributed by atoms with Crippen molar-refractivity contribution in [2.45, 2.75) is 13.3 Å². The molecule has 14 heavy (non-hydrogen) atoms. The molecule has 2 rings (SSSR count). The first-order chi connectivity index (χ1) is 6.90. The Kier molecular flexibility index (Phi) is 2.68. The molecule has 0 aliphatic carbocycles. The molecule has 0 amide bonds. The third-order valence-corrected chi connectivity index (χ3v) is 2.18. The Hall–Kier alpha value is -1.51. The van der Waals surface area contributed by atoms with Crippen molar-refractivity contribution in [3.8, 4) is 0 Å². The van der Waals surface area contributed by atoms with Crippen molar-refractivity contribution in [2.24, 2.45) is 4.99 Å². The molecule has 0 spiro atoms. The van der Waals surface area contributed by atoms with Gasteiger partial charge in [0.1, 0.15) is 0 Å². The number of aliphatic imine (C=N–C) groups is 1. The van der Waals surface area contributed by atoms with Crippen LogP contribution < -0.4 is 5.32 Å². The van der Waals surface area contributed by atoms with Crippen LogP contribution in [-0.2, 0) is 11.2 Å². The van der Waals surface area contributed by atoms with E-state index < -0.39 is 0 Å². The van der Waals surface area contributed by atoms with Gasteiger partial charge in [-0.2, -0.15) is 0 Å². The number of anilines is 1. The van der Waals surface area contributed by atoms with Crippen LogP contribution in [0.1, 0.15) is 12.5 Å². The molecule has 0 bridgehead atoms. The average Bonchev–Trinajstić information content (AvgIpc) is 2.40. The fourth-order valence-electron chi connectivity index (χ4n) is 1.51. The van der Waals surface area contributed by atoms with Crippen LogP contribution in [0.2, 0.25) is 0 Å². The molecule has 3 nitrogen and oxygen atoms in total. The molecule has 1 N–H and O–H groups in total. The van der Waals surface area contributed by atoms with Gasteiger partial charge in [0.05, 0.1) is 6.61 Å². The number of amidine groups is 1. The maximum absolute atomic E-state index is 5.36. The fourth-order valence-corrected chi connectivity index (χ4v) is 1.51. The van der Waals surface area contributed by atoms with E-state index >= 15 is 0 Å². The Balaban J connectivity index is 2.21. The first-order valence-electron chi connectivity index (χ1n) is 4.92. The molecule has 0 radical (unpaired) electrons. The third-order valence-electron chi connectivity index (χ3n) is 2.18. The van der Waals surface area contributed by atoms with Crippen molar-refractivity contribution in [1.82, 2.24) is 0 Å². The van der Waals surface area contributed by atoms with Gasteiger partial charge in [-0.1, -0.05) is 18.2 Å². The van der Waals surface area contributed by atoms with Crippen molar-refractivity contribution >= 4 is 11.7 Å². The van der Waals surface area contributed by atoms with Gasteiger partial charge in [0.25, 0.3) is 6.02 Å². The predicted molar refractivity (Wildman–Crippen MR) is 57.7 cm³/mol. The van der Waals surface area contributed by atoms with E-state index in [4.69, 9.17) is 4.74 Å². The number of benzene rings is 1. The van der Waals surface area contributed by atoms with Gasteiger partial charge in [-0.05, 0) is 25.0 Å². The van der Waals surface area contributed by atoms with Gasteiger partial charge in [0.2, 0.25) is 0 Å². The molecule has 1 aliphatic heterocycles. The second-order valence-corrected chi connectivity index (χ2v) is 3.15. The molecule has 74 valence electrons. The SMILES string of the molecule is CCOC1=NCCc2ccccc2N1. The number of rotatable bonds is 1. The minimum absolute atomic E-state index is 0.637. The van der Waals surface area contributed by atoms with Crippen LogP contribution in [0.5, 0.6) is 0 Å². The van der Waals surface area contributed by atoms with Gasteiger partial charge in [0.15, 0.2) is 0 Å². The topological polar surface area (TPSA) is 33.6 Å². The van der Waals surface area contributed by atoms with Crippen molar-refractivity contribution in [1.29, 1.82) is 0 Å². The number of nitrogens with zero attached hydrogens (tertiary/aromatic N) is 1. The first-order valence-corrected chi connectivity index (χ1v) is 4.92. The van der Waals surface area contributed by atoms with E-state index in [0.29, 0.717) is 12.6 Å². The van der Waals surface area contributed by atoms with Crippen LogP contribution in [-0.4, -0.2) is 19.2 Å². The summed E-state index contributed by atoms with van der Waals surface area (Å²) in [5, 5.41) is 3.19. The monoisotopic (exact) mass is 190 g/mol. The van der Waals surface area contributed by atoms with E-state index in [9.17, 15) is 0 Å². The number of para-hydroxylation sites is 1. The Morgan fingerprint density at radius 2 is 2.29 bits per heavy atom. The molecular formula is C11H14N2O. The van der Waals surface area contributed by atoms with Crippen molar-refractivity contribution < 1.29 is 4.74 Å². The van der Waals surface area contributed by atoms with Gasteiger partial charge < -0.3 is 10.1 Å². The Morgan fingerprint density at radius 3 is 3.14 bits per heavy atom. The van der Waals surface area contributed by atoms with E-state index in [1.165, 1.54) is 5.56 Å². The lowest BCUT2D eigenvalue weighted by molar-refractivity contribution is 0.325. The largest absolute Gasteiger partial charge is 0.465 e. The molecule has 1 heterocycles. The van der Waals surface area contributed by atoms with Gasteiger partial charge in [-0.15, -0.1) is 0 Å². The van der Waals surface area contributed by atoms with E-state index in [0.717, 1.165) is 18.7 Å². The molecule has 1 aromatic carbocycles. The summed E-state index contributed by atoms with van der Waals surface area (Å²) in [6, 6.07) is 8.87. The van der Waals surface area contributed by atoms with Crippen LogP contribution in [0.15, 0.2) is 29.3 Å². The lowest BCUT2D eigenvalue weighted by atomic mass is 10.1. The number of fused-ring (bicyclic) bond motifs is 1. The Morgan fingerprint density at radius 1 is 1.43 bits per heavy atom. The normalized spacial score (nSPS) is 14.8. The van der Waals surface area contributed by atoms with Crippen molar-refractivity contribution in [2.75, 3.05) is 18.5 Å². The number of nitrogens with one attached hydrogen (secondary N) is 1. The summed E-state index contributed by atoms with van der Waals surface area (Å²) in [4.78, 5) is 4.31. The lowest BCUT2D eigenvalue weighted by Gasteiger charge is -2.09. The second-order valence-electron chi connectivity index (χ2n) is 3.15. The molecule has 0 aromatic heterocycles. The summed E-state index contributed by atoms with van der Waals surface area (Å²) in [7, 11) is 0. The maximum atomic E-state index is 5.36. The van der Waals surface area contributed by atoms with Gasteiger partial charge in [0, 0.05) is 12.2 Å². The maximum Gasteiger partial charge on any atom is 0.289 e. The molecule has 0 saturated carbocycles. The smallest absolute Gasteiger partial charge is 0.289 e. The highest BCUT2D eigenvalue weighted by Crippen LogP contribution is 2.18. The first kappa shape index (κ1) is 9.06. The third kappa shape index (κ3) is 1.87. The molecule has 0 unspecified atom stereocenters. The van der Waals surface area contributed by atoms with E-state index in [-0.39, 0.29) is 0 Å². The lowest BCUT2D eigenvalue weighted by Crippen LogP contribution is -2.15. The summed E-state index contributed by atoms with van der Waals surface area (Å²) < 4.78 is 5.36. The zero-order valence-electron chi connectivity index (χ0n) is 8.29. The highest BCUT2D eigenvalue weighted by molar-refractivity contribution is 5.90. The summed E-state index contributed by atoms with van der Waals surface area (Å²) in [6.07, 6.45) is 0.972. The van der Waals surface area contributed by atoms with Crippen LogP contribution in [0.3, 0.4) is 0 Å². The van der Waals surface area contributed by atoms with E-state index in [2.05, 4.69) is 22.4 Å². The van der Waals surface area contributed by atoms with Gasteiger partial charge in [-0.3, -0.25) is 0 Å². The Bertz CT molecular complexity index is 347. The molecular weight excluding hydrogens is 176 g/mol. The zero-order valence-corrected chi connectivity index (χ0v) is 8.29. The molecule has 0 atom stereocenters. The highest BCUT2D eigenvalue weighted by Gasteiger charge is 2.09. The second kappa shape index (κ2) is 4.13. The highest BCUT2D eigenvalue weighted by atomic mass is 16.5. The van der Waals surface area contributed by atoms with E-state index in [1.807, 2.05) is 19.1 Å². The minimum atomic E-state index is 0.637. The van der Waals surface area contributed by atoms with Crippen molar-refractivity contribution in [3.05, 3.63) is 29.8 Å². The zero-order chi connectivity index (χ0) is 9.80. The predicted octanol–water partition coefficient (Wildman–Crippen LogP) is 2.05. The number of hydrogen-bond donors (Lipinski definition) is 1. The van der Waals surface area contributed by atoms with Crippen LogP contribution in [0, 0.1) is 0 Å². The van der Waals surface area contributed by atoms with Crippen molar-refractivity contribution in [3.63, 3.8) is 0 Å². The quantitative estimate of drug-likeness (QED) is 0.735. The molecule has 0 saturated heterocycles. The van der Waals surface area contributed by atoms with Gasteiger partial charge >= 0.3 is 0 Å². The summed E-state index contributed by atoms with van der Waals surface area (Å²) in [5.41, 5.74) is 2.41. The Labute approximate surface area is 83.8 Å². The number of hydrogen-bond acceptors (Lipinski definition) is 3. The fraction of sp³-hybridized carbons (Fsp3) is 0.364. The minimum Gasteiger partial charge on any atom is -0.465 e. The van der Waals surface area contributed by atoms with Crippen LogP contribution in [0.25, 0.3) is 0 Å². The summed E-state index contributed by atoms with van der Waals surface area (Å²) >= 11 is 0. The summed E-state index contributed by atoms with van der Waals surface area (Å²) in [5.74, 6) is 0.